The predicted molar refractivity (Wildman–Crippen MR) is 87.8 cm³/mol. The lowest BCUT2D eigenvalue weighted by molar-refractivity contribution is -0.123. The SMILES string of the molecule is C=C(CC)C(=O)c1ccc(OCC(=O)NCCN)c(Cl)c1Cl. The van der Waals surface area contributed by atoms with Gasteiger partial charge in [0, 0.05) is 18.7 Å². The van der Waals surface area contributed by atoms with Crippen LogP contribution in [-0.4, -0.2) is 31.4 Å². The fourth-order valence-electron chi connectivity index (χ4n) is 1.58. The molecule has 0 saturated heterocycles. The number of ether oxygens (including phenoxy) is 1. The Kier molecular flexibility index (Phi) is 7.38. The van der Waals surface area contributed by atoms with Gasteiger partial charge in [-0.3, -0.25) is 9.59 Å². The number of halogens is 2. The fraction of sp³-hybridized carbons (Fsp3) is 0.333. The molecule has 1 amide bonds. The van der Waals surface area contributed by atoms with Gasteiger partial charge >= 0.3 is 0 Å². The first-order valence-electron chi connectivity index (χ1n) is 6.72. The summed E-state index contributed by atoms with van der Waals surface area (Å²) in [7, 11) is 0. The summed E-state index contributed by atoms with van der Waals surface area (Å²) in [4.78, 5) is 23.5. The van der Waals surface area contributed by atoms with E-state index in [1.165, 1.54) is 12.1 Å². The molecule has 1 aromatic carbocycles. The molecule has 0 heterocycles. The first-order chi connectivity index (χ1) is 10.4. The zero-order chi connectivity index (χ0) is 16.7. The highest BCUT2D eigenvalue weighted by Gasteiger charge is 2.18. The molecular weight excluding hydrogens is 327 g/mol. The molecule has 0 unspecified atom stereocenters. The molecule has 22 heavy (non-hydrogen) atoms. The van der Waals surface area contributed by atoms with Gasteiger partial charge in [0.05, 0.1) is 5.02 Å². The average molecular weight is 345 g/mol. The largest absolute Gasteiger partial charge is 0.482 e. The van der Waals surface area contributed by atoms with Crippen molar-refractivity contribution in [1.82, 2.24) is 5.32 Å². The summed E-state index contributed by atoms with van der Waals surface area (Å²) in [5.74, 6) is -0.355. The van der Waals surface area contributed by atoms with E-state index in [-0.39, 0.29) is 39.7 Å². The van der Waals surface area contributed by atoms with Gasteiger partial charge in [0.15, 0.2) is 12.4 Å². The summed E-state index contributed by atoms with van der Waals surface area (Å²) in [5.41, 5.74) is 5.98. The van der Waals surface area contributed by atoms with E-state index < -0.39 is 0 Å². The number of allylic oxidation sites excluding steroid dienone is 1. The first-order valence-corrected chi connectivity index (χ1v) is 7.48. The number of ketones is 1. The van der Waals surface area contributed by atoms with Crippen molar-refractivity contribution in [2.45, 2.75) is 13.3 Å². The van der Waals surface area contributed by atoms with E-state index in [1.807, 2.05) is 6.92 Å². The molecule has 120 valence electrons. The van der Waals surface area contributed by atoms with Gasteiger partial charge in [0.1, 0.15) is 10.8 Å². The van der Waals surface area contributed by atoms with Crippen LogP contribution < -0.4 is 15.8 Å². The number of hydrogen-bond acceptors (Lipinski definition) is 4. The molecule has 0 bridgehead atoms. The number of rotatable bonds is 8. The Balaban J connectivity index is 2.84. The minimum atomic E-state index is -0.322. The third-order valence-electron chi connectivity index (χ3n) is 2.86. The van der Waals surface area contributed by atoms with Gasteiger partial charge in [-0.15, -0.1) is 0 Å². The summed E-state index contributed by atoms with van der Waals surface area (Å²) in [6, 6.07) is 3.01. The molecule has 5 nitrogen and oxygen atoms in total. The highest BCUT2D eigenvalue weighted by molar-refractivity contribution is 6.45. The maximum Gasteiger partial charge on any atom is 0.257 e. The summed E-state index contributed by atoms with van der Waals surface area (Å²) in [6.07, 6.45) is 0.520. The van der Waals surface area contributed by atoms with Crippen LogP contribution in [0.1, 0.15) is 23.7 Å². The van der Waals surface area contributed by atoms with Crippen molar-refractivity contribution in [2.24, 2.45) is 5.73 Å². The molecular formula is C15H18Cl2N2O3. The smallest absolute Gasteiger partial charge is 0.257 e. The van der Waals surface area contributed by atoms with Crippen molar-refractivity contribution in [1.29, 1.82) is 0 Å². The number of nitrogens with two attached hydrogens (primary N) is 1. The maximum atomic E-state index is 12.1. The van der Waals surface area contributed by atoms with Gasteiger partial charge in [-0.25, -0.2) is 0 Å². The third-order valence-corrected chi connectivity index (χ3v) is 3.73. The number of hydrogen-bond donors (Lipinski definition) is 2. The fourth-order valence-corrected chi connectivity index (χ4v) is 2.04. The normalized spacial score (nSPS) is 10.2. The second kappa shape index (κ2) is 8.78. The summed E-state index contributed by atoms with van der Waals surface area (Å²) in [6.45, 7) is 6.00. The molecule has 0 aliphatic carbocycles. The van der Waals surface area contributed by atoms with Crippen LogP contribution in [0.15, 0.2) is 24.3 Å². The summed E-state index contributed by atoms with van der Waals surface area (Å²) < 4.78 is 5.30. The second-order valence-corrected chi connectivity index (χ2v) is 5.21. The molecule has 3 N–H and O–H groups in total. The first kappa shape index (κ1) is 18.5. The Morgan fingerprint density at radius 1 is 1.32 bits per heavy atom. The Hall–Kier alpha value is -1.56. The third kappa shape index (κ3) is 4.73. The molecule has 7 heteroatoms. The van der Waals surface area contributed by atoms with Crippen molar-refractivity contribution in [3.8, 4) is 5.75 Å². The molecule has 0 spiro atoms. The van der Waals surface area contributed by atoms with Crippen LogP contribution in [-0.2, 0) is 4.79 Å². The quantitative estimate of drug-likeness (QED) is 0.561. The van der Waals surface area contributed by atoms with E-state index >= 15 is 0 Å². The van der Waals surface area contributed by atoms with Gasteiger partial charge in [0.2, 0.25) is 0 Å². The van der Waals surface area contributed by atoms with Crippen LogP contribution in [0.25, 0.3) is 0 Å². The highest BCUT2D eigenvalue weighted by atomic mass is 35.5. The van der Waals surface area contributed by atoms with Gasteiger partial charge < -0.3 is 15.8 Å². The minimum absolute atomic E-state index is 0.0844. The lowest BCUT2D eigenvalue weighted by Gasteiger charge is -2.12. The summed E-state index contributed by atoms with van der Waals surface area (Å²) >= 11 is 12.2. The highest BCUT2D eigenvalue weighted by Crippen LogP contribution is 2.35. The number of carbonyl (C=O) groups excluding carboxylic acids is 2. The van der Waals surface area contributed by atoms with Crippen LogP contribution in [0.3, 0.4) is 0 Å². The van der Waals surface area contributed by atoms with Crippen molar-refractivity contribution >= 4 is 34.9 Å². The monoisotopic (exact) mass is 344 g/mol. The Bertz CT molecular complexity index is 588. The van der Waals surface area contributed by atoms with Crippen molar-refractivity contribution in [2.75, 3.05) is 19.7 Å². The Morgan fingerprint density at radius 2 is 2.00 bits per heavy atom. The van der Waals surface area contributed by atoms with Gasteiger partial charge in [-0.05, 0) is 24.1 Å². The topological polar surface area (TPSA) is 81.4 Å². The zero-order valence-electron chi connectivity index (χ0n) is 12.2. The van der Waals surface area contributed by atoms with Gasteiger partial charge in [0.25, 0.3) is 5.91 Å². The van der Waals surface area contributed by atoms with Crippen LogP contribution in [0.4, 0.5) is 0 Å². The van der Waals surface area contributed by atoms with E-state index in [2.05, 4.69) is 11.9 Å². The van der Waals surface area contributed by atoms with E-state index in [9.17, 15) is 9.59 Å². The minimum Gasteiger partial charge on any atom is -0.482 e. The molecule has 0 aliphatic rings. The van der Waals surface area contributed by atoms with E-state index in [0.717, 1.165) is 0 Å². The molecule has 0 aliphatic heterocycles. The van der Waals surface area contributed by atoms with Crippen molar-refractivity contribution in [3.05, 3.63) is 39.9 Å². The second-order valence-electron chi connectivity index (χ2n) is 4.45. The average Bonchev–Trinajstić information content (AvgIpc) is 2.52. The molecule has 0 aromatic heterocycles. The Morgan fingerprint density at radius 3 is 2.59 bits per heavy atom. The number of benzene rings is 1. The van der Waals surface area contributed by atoms with Crippen molar-refractivity contribution in [3.63, 3.8) is 0 Å². The predicted octanol–water partition coefficient (Wildman–Crippen LogP) is 2.60. The van der Waals surface area contributed by atoms with Crippen LogP contribution in [0.5, 0.6) is 5.75 Å². The number of carbonyl (C=O) groups is 2. The van der Waals surface area contributed by atoms with Crippen LogP contribution in [0, 0.1) is 0 Å². The number of nitrogens with one attached hydrogen (secondary N) is 1. The molecule has 1 rings (SSSR count). The van der Waals surface area contributed by atoms with E-state index in [0.29, 0.717) is 25.1 Å². The lowest BCUT2D eigenvalue weighted by atomic mass is 10.0. The summed E-state index contributed by atoms with van der Waals surface area (Å²) in [5, 5.41) is 2.73. The van der Waals surface area contributed by atoms with Crippen LogP contribution in [0.2, 0.25) is 10.0 Å². The number of amides is 1. The van der Waals surface area contributed by atoms with E-state index in [4.69, 9.17) is 33.7 Å². The van der Waals surface area contributed by atoms with Gasteiger partial charge in [-0.1, -0.05) is 36.7 Å². The zero-order valence-corrected chi connectivity index (χ0v) is 13.8. The molecule has 0 radical (unpaired) electrons. The van der Waals surface area contributed by atoms with Gasteiger partial charge in [-0.2, -0.15) is 0 Å². The lowest BCUT2D eigenvalue weighted by Crippen LogP contribution is -2.32. The Labute approximate surface area is 139 Å². The molecule has 0 fully saturated rings. The number of Topliss-reactive ketones (excluding diaryl/α,β-unsaturated/α-hetero) is 1. The van der Waals surface area contributed by atoms with E-state index in [1.54, 1.807) is 0 Å². The molecule has 1 aromatic rings. The molecule has 0 saturated carbocycles. The molecule has 0 atom stereocenters. The standard InChI is InChI=1S/C15H18Cl2N2O3/c1-3-9(2)15(21)10-4-5-11(14(17)13(10)16)22-8-12(20)19-7-6-18/h4-5H,2-3,6-8,18H2,1H3,(H,19,20). The van der Waals surface area contributed by atoms with Crippen molar-refractivity contribution < 1.29 is 14.3 Å². The maximum absolute atomic E-state index is 12.1. The van der Waals surface area contributed by atoms with Crippen LogP contribution >= 0.6 is 23.2 Å².